The van der Waals surface area contributed by atoms with Gasteiger partial charge in [0.2, 0.25) is 0 Å². The molecule has 1 saturated heterocycles. The lowest BCUT2D eigenvalue weighted by atomic mass is 9.83. The number of anilines is 1. The lowest BCUT2D eigenvalue weighted by Gasteiger charge is -2.40. The molecule has 0 spiro atoms. The van der Waals surface area contributed by atoms with E-state index in [0.29, 0.717) is 11.3 Å². The third-order valence-electron chi connectivity index (χ3n) is 4.43. The molecule has 138 valence electrons. The number of esters is 1. The van der Waals surface area contributed by atoms with E-state index >= 15 is 0 Å². The summed E-state index contributed by atoms with van der Waals surface area (Å²) >= 11 is 3.60. The van der Waals surface area contributed by atoms with Gasteiger partial charge in [0, 0.05) is 13.1 Å². The number of carbonyl (C=O) groups is 2. The molecule has 0 N–H and O–H groups in total. The van der Waals surface area contributed by atoms with E-state index in [1.807, 2.05) is 6.92 Å². The largest absolute Gasteiger partial charge is 0.457 e. The Morgan fingerprint density at radius 1 is 1.24 bits per heavy atom. The van der Waals surface area contributed by atoms with Crippen LogP contribution in [0.25, 0.3) is 0 Å². The molecule has 0 unspecified atom stereocenters. The average Bonchev–Trinajstić information content (AvgIpc) is 2.48. The van der Waals surface area contributed by atoms with Gasteiger partial charge >= 0.3 is 5.97 Å². The molecule has 5 nitrogen and oxygen atoms in total. The maximum absolute atomic E-state index is 12.8. The van der Waals surface area contributed by atoms with Gasteiger partial charge < -0.3 is 9.64 Å². The molecule has 1 aliphatic rings. The number of Topliss-reactive ketones (excluding diaryl/α,β-unsaturated/α-hetero) is 1. The third kappa shape index (κ3) is 4.40. The molecule has 1 aliphatic heterocycles. The number of ether oxygens (including phenoxy) is 1. The van der Waals surface area contributed by atoms with Crippen molar-refractivity contribution in [2.75, 3.05) is 18.0 Å². The van der Waals surface area contributed by atoms with Crippen LogP contribution in [0.1, 0.15) is 62.3 Å². The molecule has 0 aliphatic carbocycles. The summed E-state index contributed by atoms with van der Waals surface area (Å²) in [5, 5.41) is 0. The monoisotopic (exact) mass is 410 g/mol. The number of pyridine rings is 1. The number of carbonyl (C=O) groups excluding carboxylic acids is 2. The van der Waals surface area contributed by atoms with Crippen LogP contribution in [-0.2, 0) is 9.53 Å². The Morgan fingerprint density at radius 3 is 2.44 bits per heavy atom. The van der Waals surface area contributed by atoms with Gasteiger partial charge in [-0.05, 0) is 61.9 Å². The Kier molecular flexibility index (Phi) is 5.92. The number of ketones is 1. The van der Waals surface area contributed by atoms with Crippen LogP contribution in [0.15, 0.2) is 4.47 Å². The van der Waals surface area contributed by atoms with Crippen LogP contribution in [0.4, 0.5) is 5.69 Å². The summed E-state index contributed by atoms with van der Waals surface area (Å²) in [6.45, 7) is 13.3. The van der Waals surface area contributed by atoms with E-state index in [2.05, 4.69) is 39.7 Å². The van der Waals surface area contributed by atoms with Crippen molar-refractivity contribution < 1.29 is 14.3 Å². The highest BCUT2D eigenvalue weighted by atomic mass is 79.9. The van der Waals surface area contributed by atoms with E-state index in [9.17, 15) is 9.59 Å². The Bertz CT molecular complexity index is 698. The second kappa shape index (κ2) is 7.44. The maximum atomic E-state index is 12.8. The summed E-state index contributed by atoms with van der Waals surface area (Å²) in [5.74, 6) is -1.45. The summed E-state index contributed by atoms with van der Waals surface area (Å²) in [4.78, 5) is 31.7. The summed E-state index contributed by atoms with van der Waals surface area (Å²) in [6, 6.07) is 0. The van der Waals surface area contributed by atoms with Crippen molar-refractivity contribution in [2.24, 2.45) is 5.41 Å². The Labute approximate surface area is 158 Å². The minimum atomic E-state index is -0.826. The summed E-state index contributed by atoms with van der Waals surface area (Å²) in [7, 11) is 0. The second-order valence-corrected chi connectivity index (χ2v) is 8.59. The zero-order valence-electron chi connectivity index (χ0n) is 15.9. The molecule has 0 bridgehead atoms. The van der Waals surface area contributed by atoms with Gasteiger partial charge in [0.25, 0.3) is 5.78 Å². The van der Waals surface area contributed by atoms with E-state index in [1.54, 1.807) is 20.8 Å². The van der Waals surface area contributed by atoms with Gasteiger partial charge in [0.05, 0.1) is 33.2 Å². The van der Waals surface area contributed by atoms with Crippen molar-refractivity contribution in [3.8, 4) is 0 Å². The minimum Gasteiger partial charge on any atom is -0.457 e. The molecule has 2 rings (SSSR count). The first-order valence-electron chi connectivity index (χ1n) is 8.70. The molecule has 6 heteroatoms. The van der Waals surface area contributed by atoms with Gasteiger partial charge in [0.1, 0.15) is 0 Å². The molecule has 0 atom stereocenters. The second-order valence-electron chi connectivity index (χ2n) is 7.79. The summed E-state index contributed by atoms with van der Waals surface area (Å²) in [5.41, 5.74) is 2.64. The van der Waals surface area contributed by atoms with Crippen LogP contribution >= 0.6 is 15.9 Å². The quantitative estimate of drug-likeness (QED) is 0.422. The third-order valence-corrected chi connectivity index (χ3v) is 5.38. The number of aromatic nitrogens is 1. The highest BCUT2D eigenvalue weighted by molar-refractivity contribution is 9.10. The van der Waals surface area contributed by atoms with E-state index in [0.717, 1.165) is 41.8 Å². The normalized spacial score (nSPS) is 16.9. The van der Waals surface area contributed by atoms with Gasteiger partial charge in [-0.15, -0.1) is 0 Å². The molecule has 0 aromatic carbocycles. The van der Waals surface area contributed by atoms with Crippen molar-refractivity contribution in [3.63, 3.8) is 0 Å². The predicted molar refractivity (Wildman–Crippen MR) is 102 cm³/mol. The molecule has 1 fully saturated rings. The molecule has 0 radical (unpaired) electrons. The first kappa shape index (κ1) is 19.9. The highest BCUT2D eigenvalue weighted by Crippen LogP contribution is 2.39. The first-order valence-corrected chi connectivity index (χ1v) is 9.50. The van der Waals surface area contributed by atoms with Crippen molar-refractivity contribution >= 4 is 33.4 Å². The topological polar surface area (TPSA) is 59.5 Å². The number of halogens is 1. The lowest BCUT2D eigenvalue weighted by molar-refractivity contribution is -0.141. The Morgan fingerprint density at radius 2 is 1.88 bits per heavy atom. The van der Waals surface area contributed by atoms with Crippen molar-refractivity contribution in [1.82, 2.24) is 4.98 Å². The van der Waals surface area contributed by atoms with Gasteiger partial charge in [-0.1, -0.05) is 13.8 Å². The number of aryl methyl sites for hydroxylation is 2. The smallest absolute Gasteiger partial charge is 0.380 e. The number of hydrogen-bond acceptors (Lipinski definition) is 5. The molecule has 1 aromatic heterocycles. The van der Waals surface area contributed by atoms with Crippen molar-refractivity contribution in [3.05, 3.63) is 21.4 Å². The molecule has 0 saturated carbocycles. The molecular weight excluding hydrogens is 384 g/mol. The lowest BCUT2D eigenvalue weighted by Crippen LogP contribution is -2.41. The molecule has 25 heavy (non-hydrogen) atoms. The van der Waals surface area contributed by atoms with Crippen LogP contribution in [0.3, 0.4) is 0 Å². The SMILES string of the molecule is Cc1nc(C)c(C(=O)C(=O)OC(C)C)c(N2CCCC(C)(C)C2)c1Br. The number of nitrogens with zero attached hydrogens (tertiary/aromatic N) is 2. The number of rotatable bonds is 4. The van der Waals surface area contributed by atoms with Crippen molar-refractivity contribution in [1.29, 1.82) is 0 Å². The fourth-order valence-corrected chi connectivity index (χ4v) is 3.90. The van der Waals surface area contributed by atoms with Crippen LogP contribution in [0.2, 0.25) is 0 Å². The van der Waals surface area contributed by atoms with Crippen LogP contribution in [-0.4, -0.2) is 35.9 Å². The van der Waals surface area contributed by atoms with Gasteiger partial charge in [-0.2, -0.15) is 0 Å². The average molecular weight is 411 g/mol. The van der Waals surface area contributed by atoms with E-state index in [-0.39, 0.29) is 11.5 Å². The van der Waals surface area contributed by atoms with E-state index < -0.39 is 11.8 Å². The van der Waals surface area contributed by atoms with Crippen LogP contribution in [0.5, 0.6) is 0 Å². The Balaban J connectivity index is 2.54. The number of piperidine rings is 1. The van der Waals surface area contributed by atoms with Crippen LogP contribution < -0.4 is 4.90 Å². The maximum Gasteiger partial charge on any atom is 0.380 e. The zero-order valence-corrected chi connectivity index (χ0v) is 17.5. The summed E-state index contributed by atoms with van der Waals surface area (Å²) in [6.07, 6.45) is 1.85. The van der Waals surface area contributed by atoms with E-state index in [1.165, 1.54) is 0 Å². The first-order chi connectivity index (χ1) is 11.5. The predicted octanol–water partition coefficient (Wildman–Crippen LogP) is 4.22. The van der Waals surface area contributed by atoms with Gasteiger partial charge in [-0.25, -0.2) is 4.79 Å². The van der Waals surface area contributed by atoms with Crippen molar-refractivity contribution in [2.45, 2.75) is 60.5 Å². The molecule has 1 aromatic rings. The zero-order chi connectivity index (χ0) is 18.9. The Hall–Kier alpha value is -1.43. The van der Waals surface area contributed by atoms with Gasteiger partial charge in [0.15, 0.2) is 0 Å². The minimum absolute atomic E-state index is 0.154. The number of hydrogen-bond donors (Lipinski definition) is 0. The highest BCUT2D eigenvalue weighted by Gasteiger charge is 2.33. The molecule has 0 amide bonds. The fourth-order valence-electron chi connectivity index (χ4n) is 3.36. The van der Waals surface area contributed by atoms with E-state index in [4.69, 9.17) is 4.74 Å². The van der Waals surface area contributed by atoms with Crippen LogP contribution in [0, 0.1) is 19.3 Å². The standard InChI is InChI=1S/C19H27BrN2O3/c1-11(2)25-18(24)17(23)14-12(3)21-13(4)15(20)16(14)22-9-7-8-19(5,6)10-22/h11H,7-10H2,1-6H3. The molecule has 2 heterocycles. The fraction of sp³-hybridized carbons (Fsp3) is 0.632. The molecular formula is C19H27BrN2O3. The van der Waals surface area contributed by atoms with Gasteiger partial charge in [-0.3, -0.25) is 9.78 Å². The summed E-state index contributed by atoms with van der Waals surface area (Å²) < 4.78 is 5.90.